The summed E-state index contributed by atoms with van der Waals surface area (Å²) in [6.07, 6.45) is -2.78. The van der Waals surface area contributed by atoms with Crippen molar-refractivity contribution in [2.75, 3.05) is 0 Å². The summed E-state index contributed by atoms with van der Waals surface area (Å²) in [5, 5.41) is 0. The molecule has 0 heterocycles. The molecule has 19 heavy (non-hydrogen) atoms. The minimum Gasteiger partial charge on any atom is -0.406 e. The van der Waals surface area contributed by atoms with E-state index in [1.807, 2.05) is 6.92 Å². The highest BCUT2D eigenvalue weighted by Gasteiger charge is 2.31. The van der Waals surface area contributed by atoms with E-state index in [9.17, 15) is 18.0 Å². The third-order valence-corrected chi connectivity index (χ3v) is 2.68. The number of amides is 1. The van der Waals surface area contributed by atoms with Crippen LogP contribution in [-0.4, -0.2) is 12.3 Å². The first kappa shape index (κ1) is 15.3. The van der Waals surface area contributed by atoms with E-state index in [1.165, 1.54) is 24.3 Å². The van der Waals surface area contributed by atoms with Crippen molar-refractivity contribution in [3.05, 3.63) is 29.8 Å². The highest BCUT2D eigenvalue weighted by Crippen LogP contribution is 2.23. The van der Waals surface area contributed by atoms with E-state index >= 15 is 0 Å². The first-order valence-corrected chi connectivity index (χ1v) is 5.96. The van der Waals surface area contributed by atoms with Crippen LogP contribution in [0.4, 0.5) is 13.2 Å². The molecule has 6 heteroatoms. The minimum atomic E-state index is -4.69. The molecule has 0 aromatic heterocycles. The van der Waals surface area contributed by atoms with E-state index in [0.29, 0.717) is 12.8 Å². The molecule has 0 aliphatic rings. The van der Waals surface area contributed by atoms with E-state index in [-0.39, 0.29) is 11.7 Å². The summed E-state index contributed by atoms with van der Waals surface area (Å²) in [5.74, 6) is -0.959. The number of alkyl halides is 3. The van der Waals surface area contributed by atoms with Crippen LogP contribution in [0, 0.1) is 5.92 Å². The Hall–Kier alpha value is -1.72. The Bertz CT molecular complexity index is 415. The molecule has 3 nitrogen and oxygen atoms in total. The van der Waals surface area contributed by atoms with Gasteiger partial charge in [-0.2, -0.15) is 0 Å². The van der Waals surface area contributed by atoms with E-state index < -0.39 is 12.3 Å². The largest absolute Gasteiger partial charge is 0.573 e. The van der Waals surface area contributed by atoms with Crippen LogP contribution in [0.3, 0.4) is 0 Å². The van der Waals surface area contributed by atoms with Crippen molar-refractivity contribution in [3.63, 3.8) is 0 Å². The zero-order valence-electron chi connectivity index (χ0n) is 10.5. The molecule has 1 atom stereocenters. The van der Waals surface area contributed by atoms with Crippen LogP contribution >= 0.6 is 0 Å². The van der Waals surface area contributed by atoms with Crippen molar-refractivity contribution >= 4 is 5.91 Å². The molecule has 0 saturated heterocycles. The lowest BCUT2D eigenvalue weighted by atomic mass is 9.94. The predicted octanol–water partition coefficient (Wildman–Crippen LogP) is 3.03. The van der Waals surface area contributed by atoms with Gasteiger partial charge in [-0.25, -0.2) is 0 Å². The average molecular weight is 275 g/mol. The maximum absolute atomic E-state index is 12.0. The number of rotatable bonds is 6. The van der Waals surface area contributed by atoms with E-state index in [2.05, 4.69) is 4.74 Å². The second-order valence-corrected chi connectivity index (χ2v) is 4.28. The van der Waals surface area contributed by atoms with E-state index in [1.54, 1.807) is 0 Å². The average Bonchev–Trinajstić information content (AvgIpc) is 2.29. The minimum absolute atomic E-state index is 0.276. The zero-order chi connectivity index (χ0) is 14.5. The number of hydrogen-bond acceptors (Lipinski definition) is 2. The molecule has 1 amide bonds. The van der Waals surface area contributed by atoms with Crippen molar-refractivity contribution in [3.8, 4) is 5.75 Å². The van der Waals surface area contributed by atoms with Crippen LogP contribution < -0.4 is 10.5 Å². The number of carbonyl (C=O) groups is 1. The Morgan fingerprint density at radius 3 is 2.32 bits per heavy atom. The fourth-order valence-corrected chi connectivity index (χ4v) is 1.81. The van der Waals surface area contributed by atoms with Crippen molar-refractivity contribution in [1.29, 1.82) is 0 Å². The second-order valence-electron chi connectivity index (χ2n) is 4.28. The van der Waals surface area contributed by atoms with Gasteiger partial charge in [-0.1, -0.05) is 25.5 Å². The van der Waals surface area contributed by atoms with Crippen LogP contribution in [0.2, 0.25) is 0 Å². The van der Waals surface area contributed by atoms with Gasteiger partial charge in [0.25, 0.3) is 0 Å². The van der Waals surface area contributed by atoms with Gasteiger partial charge in [0.1, 0.15) is 5.75 Å². The molecule has 1 aromatic carbocycles. The summed E-state index contributed by atoms with van der Waals surface area (Å²) in [6.45, 7) is 1.94. The lowest BCUT2D eigenvalue weighted by Gasteiger charge is -2.13. The van der Waals surface area contributed by atoms with Crippen molar-refractivity contribution in [1.82, 2.24) is 0 Å². The number of primary amides is 1. The summed E-state index contributed by atoms with van der Waals surface area (Å²) in [5.41, 5.74) is 6.03. The smallest absolute Gasteiger partial charge is 0.406 e. The third-order valence-electron chi connectivity index (χ3n) is 2.68. The summed E-state index contributed by atoms with van der Waals surface area (Å²) in [4.78, 5) is 11.2. The van der Waals surface area contributed by atoms with Gasteiger partial charge in [0, 0.05) is 5.92 Å². The lowest BCUT2D eigenvalue weighted by Crippen LogP contribution is -2.25. The number of hydrogen-bond donors (Lipinski definition) is 1. The monoisotopic (exact) mass is 275 g/mol. The fourth-order valence-electron chi connectivity index (χ4n) is 1.81. The number of carbonyl (C=O) groups excluding carboxylic acids is 1. The molecule has 0 aliphatic heterocycles. The lowest BCUT2D eigenvalue weighted by molar-refractivity contribution is -0.274. The van der Waals surface area contributed by atoms with Gasteiger partial charge in [-0.15, -0.1) is 13.2 Å². The quantitative estimate of drug-likeness (QED) is 0.867. The van der Waals surface area contributed by atoms with Crippen LogP contribution in [0.1, 0.15) is 25.3 Å². The highest BCUT2D eigenvalue weighted by atomic mass is 19.4. The van der Waals surface area contributed by atoms with E-state index in [4.69, 9.17) is 5.73 Å². The summed E-state index contributed by atoms with van der Waals surface area (Å²) in [7, 11) is 0. The molecule has 1 rings (SSSR count). The second kappa shape index (κ2) is 6.45. The summed E-state index contributed by atoms with van der Waals surface area (Å²) < 4.78 is 39.7. The molecule has 106 valence electrons. The fraction of sp³-hybridized carbons (Fsp3) is 0.462. The Balaban J connectivity index is 2.68. The molecular weight excluding hydrogens is 259 g/mol. The Labute approximate surface area is 109 Å². The molecule has 0 fully saturated rings. The van der Waals surface area contributed by atoms with Gasteiger partial charge in [-0.05, 0) is 30.5 Å². The standard InChI is InChI=1S/C13H16F3NO2/c1-2-3-10(12(17)18)8-9-4-6-11(7-5-9)19-13(14,15)16/h4-7,10H,2-3,8H2,1H3,(H2,17,18)/t10-/m1/s1. The molecular formula is C13H16F3NO2. The number of benzene rings is 1. The number of nitrogens with two attached hydrogens (primary N) is 1. The molecule has 1 aromatic rings. The maximum Gasteiger partial charge on any atom is 0.573 e. The normalized spacial score (nSPS) is 13.1. The van der Waals surface area contributed by atoms with E-state index in [0.717, 1.165) is 12.0 Å². The maximum atomic E-state index is 12.0. The molecule has 2 N–H and O–H groups in total. The molecule has 0 spiro atoms. The molecule has 0 radical (unpaired) electrons. The summed E-state index contributed by atoms with van der Waals surface area (Å²) in [6, 6.07) is 5.47. The van der Waals surface area contributed by atoms with Gasteiger partial charge in [-0.3, -0.25) is 4.79 Å². The number of halogens is 3. The first-order chi connectivity index (χ1) is 8.81. The first-order valence-electron chi connectivity index (χ1n) is 5.96. The van der Waals surface area contributed by atoms with Crippen LogP contribution in [0.15, 0.2) is 24.3 Å². The van der Waals surface area contributed by atoms with Gasteiger partial charge in [0.2, 0.25) is 5.91 Å². The third kappa shape index (κ3) is 5.63. The van der Waals surface area contributed by atoms with Gasteiger partial charge >= 0.3 is 6.36 Å². The molecule has 0 bridgehead atoms. The molecule has 0 aliphatic carbocycles. The SMILES string of the molecule is CCC[C@H](Cc1ccc(OC(F)(F)F)cc1)C(N)=O. The summed E-state index contributed by atoms with van der Waals surface area (Å²) >= 11 is 0. The van der Waals surface area contributed by atoms with Gasteiger partial charge in [0.15, 0.2) is 0 Å². The Kier molecular flexibility index (Phi) is 5.20. The highest BCUT2D eigenvalue weighted by molar-refractivity contribution is 5.76. The van der Waals surface area contributed by atoms with Crippen molar-refractivity contribution < 1.29 is 22.7 Å². The van der Waals surface area contributed by atoms with Crippen LogP contribution in [-0.2, 0) is 11.2 Å². The van der Waals surface area contributed by atoms with Crippen LogP contribution in [0.25, 0.3) is 0 Å². The zero-order valence-corrected chi connectivity index (χ0v) is 10.5. The van der Waals surface area contributed by atoms with Gasteiger partial charge in [0.05, 0.1) is 0 Å². The van der Waals surface area contributed by atoms with Crippen LogP contribution in [0.5, 0.6) is 5.75 Å². The molecule has 0 unspecified atom stereocenters. The van der Waals surface area contributed by atoms with Crippen molar-refractivity contribution in [2.45, 2.75) is 32.5 Å². The Morgan fingerprint density at radius 1 is 1.32 bits per heavy atom. The van der Waals surface area contributed by atoms with Crippen molar-refractivity contribution in [2.24, 2.45) is 11.7 Å². The Morgan fingerprint density at radius 2 is 1.89 bits per heavy atom. The van der Waals surface area contributed by atoms with Gasteiger partial charge < -0.3 is 10.5 Å². The number of ether oxygens (including phenoxy) is 1. The molecule has 0 saturated carbocycles. The predicted molar refractivity (Wildman–Crippen MR) is 64.4 cm³/mol. The topological polar surface area (TPSA) is 52.3 Å².